The van der Waals surface area contributed by atoms with E-state index in [2.05, 4.69) is 28.2 Å². The second kappa shape index (κ2) is 6.31. The van der Waals surface area contributed by atoms with Crippen LogP contribution in [0.25, 0.3) is 0 Å². The molecule has 0 spiro atoms. The number of nitrogens with zero attached hydrogens (tertiary/aromatic N) is 1. The van der Waals surface area contributed by atoms with Crippen molar-refractivity contribution in [1.29, 1.82) is 0 Å². The first kappa shape index (κ1) is 15.6. The standard InChI is InChI=1S/C15H23BrN2O2/c1-3-18-9-12(16)7-13(18)14(20)17-15(10-19)6-4-5-11(2)8-15/h7,9,11,19H,3-6,8,10H2,1-2H3,(H,17,20). The van der Waals surface area contributed by atoms with Gasteiger partial charge in [-0.2, -0.15) is 0 Å². The summed E-state index contributed by atoms with van der Waals surface area (Å²) < 4.78 is 2.82. The number of rotatable bonds is 4. The summed E-state index contributed by atoms with van der Waals surface area (Å²) in [7, 11) is 0. The summed E-state index contributed by atoms with van der Waals surface area (Å²) >= 11 is 3.41. The topological polar surface area (TPSA) is 54.3 Å². The van der Waals surface area contributed by atoms with Crippen LogP contribution in [0.5, 0.6) is 0 Å². The number of amides is 1. The van der Waals surface area contributed by atoms with Gasteiger partial charge in [-0.15, -0.1) is 0 Å². The van der Waals surface area contributed by atoms with E-state index >= 15 is 0 Å². The number of carbonyl (C=O) groups excluding carboxylic acids is 1. The molecule has 2 atom stereocenters. The molecule has 1 aromatic heterocycles. The monoisotopic (exact) mass is 342 g/mol. The van der Waals surface area contributed by atoms with Crippen molar-refractivity contribution in [2.45, 2.75) is 51.6 Å². The Morgan fingerprint density at radius 2 is 2.40 bits per heavy atom. The van der Waals surface area contributed by atoms with Crippen LogP contribution in [0.15, 0.2) is 16.7 Å². The van der Waals surface area contributed by atoms with Crippen LogP contribution in [0.2, 0.25) is 0 Å². The summed E-state index contributed by atoms with van der Waals surface area (Å²) in [6.07, 6.45) is 5.84. The van der Waals surface area contributed by atoms with E-state index < -0.39 is 5.54 Å². The minimum Gasteiger partial charge on any atom is -0.394 e. The Bertz CT molecular complexity index is 486. The predicted molar refractivity (Wildman–Crippen MR) is 82.7 cm³/mol. The summed E-state index contributed by atoms with van der Waals surface area (Å²) in [4.78, 5) is 12.5. The molecular weight excluding hydrogens is 320 g/mol. The van der Waals surface area contributed by atoms with E-state index in [0.29, 0.717) is 11.6 Å². The number of aliphatic hydroxyl groups excluding tert-OH is 1. The minimum absolute atomic E-state index is 0.0110. The summed E-state index contributed by atoms with van der Waals surface area (Å²) in [6, 6.07) is 1.83. The van der Waals surface area contributed by atoms with Crippen molar-refractivity contribution in [3.63, 3.8) is 0 Å². The molecule has 2 rings (SSSR count). The van der Waals surface area contributed by atoms with Crippen LogP contribution in [-0.2, 0) is 6.54 Å². The van der Waals surface area contributed by atoms with Crippen LogP contribution in [0.1, 0.15) is 50.0 Å². The van der Waals surface area contributed by atoms with Gasteiger partial charge in [0.15, 0.2) is 0 Å². The van der Waals surface area contributed by atoms with Gasteiger partial charge in [0, 0.05) is 17.2 Å². The van der Waals surface area contributed by atoms with Gasteiger partial charge in [-0.05, 0) is 47.7 Å². The average Bonchev–Trinajstić information content (AvgIpc) is 2.80. The Hall–Kier alpha value is -0.810. The predicted octanol–water partition coefficient (Wildman–Crippen LogP) is 2.94. The molecule has 1 aliphatic rings. The van der Waals surface area contributed by atoms with Crippen molar-refractivity contribution in [3.8, 4) is 0 Å². The quantitative estimate of drug-likeness (QED) is 0.883. The lowest BCUT2D eigenvalue weighted by Gasteiger charge is -2.39. The molecule has 1 saturated carbocycles. The molecule has 0 radical (unpaired) electrons. The molecule has 1 aliphatic carbocycles. The third-order valence-electron chi connectivity index (χ3n) is 4.21. The lowest BCUT2D eigenvalue weighted by atomic mass is 9.77. The molecule has 0 aromatic carbocycles. The Morgan fingerprint density at radius 3 is 3.00 bits per heavy atom. The Labute approximate surface area is 128 Å². The molecule has 20 heavy (non-hydrogen) atoms. The Morgan fingerprint density at radius 1 is 1.65 bits per heavy atom. The minimum atomic E-state index is -0.454. The zero-order valence-corrected chi connectivity index (χ0v) is 13.7. The molecule has 112 valence electrons. The second-order valence-corrected chi connectivity index (χ2v) is 6.84. The van der Waals surface area contributed by atoms with Crippen molar-refractivity contribution >= 4 is 21.8 Å². The van der Waals surface area contributed by atoms with Crippen molar-refractivity contribution in [2.24, 2.45) is 5.92 Å². The van der Waals surface area contributed by atoms with Gasteiger partial charge in [0.2, 0.25) is 0 Å². The SMILES string of the molecule is CCn1cc(Br)cc1C(=O)NC1(CO)CCCC(C)C1. The summed E-state index contributed by atoms with van der Waals surface area (Å²) in [6.45, 7) is 4.95. The molecule has 1 amide bonds. The summed E-state index contributed by atoms with van der Waals surface area (Å²) in [5.74, 6) is 0.446. The van der Waals surface area contributed by atoms with Crippen LogP contribution in [-0.4, -0.2) is 27.7 Å². The van der Waals surface area contributed by atoms with E-state index in [1.165, 1.54) is 6.42 Å². The largest absolute Gasteiger partial charge is 0.394 e. The lowest BCUT2D eigenvalue weighted by Crippen LogP contribution is -2.54. The average molecular weight is 343 g/mol. The first-order valence-corrected chi connectivity index (χ1v) is 8.08. The molecule has 5 heteroatoms. The maximum absolute atomic E-state index is 12.5. The van der Waals surface area contributed by atoms with E-state index in [0.717, 1.165) is 30.3 Å². The van der Waals surface area contributed by atoms with Crippen molar-refractivity contribution in [2.75, 3.05) is 6.61 Å². The Kier molecular flexibility index (Phi) is 4.91. The zero-order chi connectivity index (χ0) is 14.8. The highest BCUT2D eigenvalue weighted by Gasteiger charge is 2.36. The van der Waals surface area contributed by atoms with Crippen LogP contribution >= 0.6 is 15.9 Å². The zero-order valence-electron chi connectivity index (χ0n) is 12.2. The van der Waals surface area contributed by atoms with Gasteiger partial charge in [-0.3, -0.25) is 4.79 Å². The van der Waals surface area contributed by atoms with Gasteiger partial charge in [-0.1, -0.05) is 19.8 Å². The number of hydrogen-bond donors (Lipinski definition) is 2. The molecule has 0 bridgehead atoms. The Balaban J connectivity index is 2.16. The third-order valence-corrected chi connectivity index (χ3v) is 4.64. The highest BCUT2D eigenvalue weighted by atomic mass is 79.9. The van der Waals surface area contributed by atoms with Crippen molar-refractivity contribution < 1.29 is 9.90 Å². The van der Waals surface area contributed by atoms with Gasteiger partial charge >= 0.3 is 0 Å². The molecule has 2 unspecified atom stereocenters. The van der Waals surface area contributed by atoms with Crippen LogP contribution in [0, 0.1) is 5.92 Å². The number of nitrogens with one attached hydrogen (secondary N) is 1. The van der Waals surface area contributed by atoms with Crippen molar-refractivity contribution in [3.05, 3.63) is 22.4 Å². The molecule has 1 heterocycles. The molecule has 2 N–H and O–H groups in total. The molecule has 1 fully saturated rings. The first-order valence-electron chi connectivity index (χ1n) is 7.29. The summed E-state index contributed by atoms with van der Waals surface area (Å²) in [5, 5.41) is 12.8. The van der Waals surface area contributed by atoms with E-state index in [1.54, 1.807) is 0 Å². The first-order chi connectivity index (χ1) is 9.49. The second-order valence-electron chi connectivity index (χ2n) is 5.92. The highest BCUT2D eigenvalue weighted by molar-refractivity contribution is 9.10. The third kappa shape index (κ3) is 3.26. The summed E-state index contributed by atoms with van der Waals surface area (Å²) in [5.41, 5.74) is 0.190. The van der Waals surface area contributed by atoms with Gasteiger partial charge < -0.3 is 15.0 Å². The molecule has 1 aromatic rings. The fourth-order valence-electron chi connectivity index (χ4n) is 3.19. The van der Waals surface area contributed by atoms with Crippen LogP contribution < -0.4 is 5.32 Å². The molecule has 0 aliphatic heterocycles. The highest BCUT2D eigenvalue weighted by Crippen LogP contribution is 2.32. The fourth-order valence-corrected chi connectivity index (χ4v) is 3.65. The van der Waals surface area contributed by atoms with E-state index in [-0.39, 0.29) is 12.5 Å². The van der Waals surface area contributed by atoms with Crippen LogP contribution in [0.3, 0.4) is 0 Å². The van der Waals surface area contributed by atoms with Crippen LogP contribution in [0.4, 0.5) is 0 Å². The van der Waals surface area contributed by atoms with E-state index in [1.807, 2.05) is 23.8 Å². The van der Waals surface area contributed by atoms with Crippen molar-refractivity contribution in [1.82, 2.24) is 9.88 Å². The smallest absolute Gasteiger partial charge is 0.268 e. The fraction of sp³-hybridized carbons (Fsp3) is 0.667. The maximum atomic E-state index is 12.5. The number of hydrogen-bond acceptors (Lipinski definition) is 2. The molecule has 4 nitrogen and oxygen atoms in total. The molecule has 0 saturated heterocycles. The number of aliphatic hydroxyl groups is 1. The van der Waals surface area contributed by atoms with Gasteiger partial charge in [-0.25, -0.2) is 0 Å². The van der Waals surface area contributed by atoms with Gasteiger partial charge in [0.05, 0.1) is 12.1 Å². The maximum Gasteiger partial charge on any atom is 0.268 e. The van der Waals surface area contributed by atoms with Gasteiger partial charge in [0.25, 0.3) is 5.91 Å². The number of aromatic nitrogens is 1. The van der Waals surface area contributed by atoms with E-state index in [4.69, 9.17) is 0 Å². The van der Waals surface area contributed by atoms with Gasteiger partial charge in [0.1, 0.15) is 5.69 Å². The lowest BCUT2D eigenvalue weighted by molar-refractivity contribution is 0.0689. The van der Waals surface area contributed by atoms with E-state index in [9.17, 15) is 9.90 Å². The molecular formula is C15H23BrN2O2. The normalized spacial score (nSPS) is 26.5. The number of halogens is 1. The number of carbonyl (C=O) groups is 1. The number of aryl methyl sites for hydroxylation is 1.